The van der Waals surface area contributed by atoms with Crippen LogP contribution in [0.2, 0.25) is 0 Å². The van der Waals surface area contributed by atoms with Crippen LogP contribution < -0.4 is 10.2 Å². The minimum atomic E-state index is 1.06. The van der Waals surface area contributed by atoms with Gasteiger partial charge in [0.25, 0.3) is 0 Å². The van der Waals surface area contributed by atoms with E-state index in [4.69, 9.17) is 0 Å². The minimum Gasteiger partial charge on any atom is -0.356 e. The number of benzene rings is 22. The first-order valence-electron chi connectivity index (χ1n) is 45.3. The van der Waals surface area contributed by atoms with Crippen molar-refractivity contribution in [3.8, 4) is 123 Å². The molecule has 628 valence electrons. The van der Waals surface area contributed by atoms with Crippen molar-refractivity contribution in [2.45, 2.75) is 0 Å². The van der Waals surface area contributed by atoms with Crippen LogP contribution in [0.25, 0.3) is 188 Å². The number of hydrogen-bond acceptors (Lipinski definition) is 2. The molecule has 0 atom stereocenters. The molecule has 24 aromatic rings. The molecular formula is C128H89BrN4. The minimum absolute atomic E-state index is 1.06. The Bertz CT molecular complexity index is 8190. The second-order valence-corrected chi connectivity index (χ2v) is 34.6. The smallest absolute Gasteiger partial charge is 0.0541 e. The molecule has 0 spiro atoms. The Hall–Kier alpha value is -17.0. The molecule has 4 nitrogen and oxygen atoms in total. The molecule has 0 fully saturated rings. The lowest BCUT2D eigenvalue weighted by Gasteiger charge is -2.26. The Kier molecular flexibility index (Phi) is 22.8. The summed E-state index contributed by atoms with van der Waals surface area (Å²) < 4.78 is 5.86. The van der Waals surface area contributed by atoms with E-state index in [-0.39, 0.29) is 0 Å². The van der Waals surface area contributed by atoms with Gasteiger partial charge in [-0.05, 0) is 278 Å². The van der Waals surface area contributed by atoms with Crippen LogP contribution >= 0.6 is 15.9 Å². The highest BCUT2D eigenvalue weighted by molar-refractivity contribution is 9.10. The van der Waals surface area contributed by atoms with E-state index in [0.29, 0.717) is 0 Å². The van der Waals surface area contributed by atoms with E-state index in [2.05, 4.69) is 563 Å². The van der Waals surface area contributed by atoms with Crippen LogP contribution in [0, 0.1) is 0 Å². The molecule has 0 radical (unpaired) electrons. The summed E-state index contributed by atoms with van der Waals surface area (Å²) in [6.07, 6.45) is 0. The summed E-state index contributed by atoms with van der Waals surface area (Å²) in [5, 5.41) is 13.7. The molecule has 133 heavy (non-hydrogen) atoms. The highest BCUT2D eigenvalue weighted by Crippen LogP contribution is 2.43. The highest BCUT2D eigenvalue weighted by atomic mass is 79.9. The maximum Gasteiger partial charge on any atom is 0.0541 e. The van der Waals surface area contributed by atoms with Crippen molar-refractivity contribution in [2.75, 3.05) is 10.2 Å². The Morgan fingerprint density at radius 2 is 0.391 bits per heavy atom. The standard InChI is InChI=1S/C64H44N2.C46H32N2.C18H13Br/c1-2-14-45(15-3-1)50-18-10-19-51(42-50)46-30-36-55(37-31-46)65(56-38-32-47(33-39-56)52-20-11-22-54(43-52)60-27-13-17-49-16-4-5-24-59(49)60)57-40-34-48(35-41-57)53-21-12-23-58(44-53)66-63-28-8-6-25-61(63)62-26-7-9-29-64(62)66;1-2-16-41-34(10-1)11-9-19-42(41)37-14-7-12-35(30-37)32-22-26-38(27-23-32)47-39-28-24-33(25-29-39)36-13-8-15-40(31-36)48-45-20-5-3-17-43(45)44-18-4-6-21-46(44)48;19-18-11-9-15(10-12-18)17-8-4-7-16(13-17)14-5-2-1-3-6-14/h1-44H;1-31,47H;1-13H. The van der Waals surface area contributed by atoms with Gasteiger partial charge in [-0.1, -0.05) is 404 Å². The molecular weight excluding hydrogens is 1670 g/mol. The Morgan fingerprint density at radius 3 is 0.722 bits per heavy atom. The molecule has 2 heterocycles. The van der Waals surface area contributed by atoms with E-state index in [1.165, 1.54) is 171 Å². The number of para-hydroxylation sites is 4. The molecule has 0 unspecified atom stereocenters. The predicted molar refractivity (Wildman–Crippen MR) is 569 cm³/mol. The summed E-state index contributed by atoms with van der Waals surface area (Å²) in [5.41, 5.74) is 36.7. The third-order valence-electron chi connectivity index (χ3n) is 25.5. The number of nitrogens with zero attached hydrogens (tertiary/aromatic N) is 3. The van der Waals surface area contributed by atoms with Crippen molar-refractivity contribution in [1.29, 1.82) is 0 Å². The van der Waals surface area contributed by atoms with Gasteiger partial charge in [0.15, 0.2) is 0 Å². The molecule has 0 aliphatic heterocycles. The third-order valence-corrected chi connectivity index (χ3v) is 26.0. The van der Waals surface area contributed by atoms with Crippen LogP contribution in [-0.4, -0.2) is 9.13 Å². The maximum atomic E-state index is 3.59. The second-order valence-electron chi connectivity index (χ2n) is 33.7. The van der Waals surface area contributed by atoms with Crippen molar-refractivity contribution in [1.82, 2.24) is 9.13 Å². The zero-order valence-electron chi connectivity index (χ0n) is 73.0. The van der Waals surface area contributed by atoms with E-state index in [0.717, 1.165) is 49.8 Å². The maximum absolute atomic E-state index is 3.59. The average Bonchev–Trinajstić information content (AvgIpc) is 1.60. The van der Waals surface area contributed by atoms with E-state index in [1.54, 1.807) is 0 Å². The van der Waals surface area contributed by atoms with Crippen LogP contribution in [0.15, 0.2) is 538 Å². The molecule has 2 aromatic heterocycles. The normalized spacial score (nSPS) is 11.2. The van der Waals surface area contributed by atoms with Crippen molar-refractivity contribution >= 4 is 110 Å². The molecule has 24 rings (SSSR count). The summed E-state index contributed by atoms with van der Waals surface area (Å²) in [4.78, 5) is 2.36. The molecule has 0 amide bonds. The van der Waals surface area contributed by atoms with Crippen molar-refractivity contribution in [3.63, 3.8) is 0 Å². The zero-order valence-corrected chi connectivity index (χ0v) is 74.6. The van der Waals surface area contributed by atoms with Gasteiger partial charge in [0.2, 0.25) is 0 Å². The summed E-state index contributed by atoms with van der Waals surface area (Å²) in [5.74, 6) is 0. The Morgan fingerprint density at radius 1 is 0.165 bits per heavy atom. The molecule has 5 heteroatoms. The van der Waals surface area contributed by atoms with Gasteiger partial charge in [-0.15, -0.1) is 0 Å². The third kappa shape index (κ3) is 17.1. The second kappa shape index (κ2) is 37.0. The molecule has 0 saturated heterocycles. The molecule has 0 aliphatic carbocycles. The first-order chi connectivity index (χ1) is 65.8. The first-order valence-corrected chi connectivity index (χ1v) is 46.1. The lowest BCUT2D eigenvalue weighted by atomic mass is 9.95. The van der Waals surface area contributed by atoms with Gasteiger partial charge < -0.3 is 19.4 Å². The number of anilines is 5. The predicted octanol–water partition coefficient (Wildman–Crippen LogP) is 36.2. The summed E-state index contributed by atoms with van der Waals surface area (Å²) in [6, 6.07) is 192. The van der Waals surface area contributed by atoms with Gasteiger partial charge in [0, 0.05) is 65.8 Å². The Labute approximate surface area is 784 Å². The average molecular weight is 1760 g/mol. The van der Waals surface area contributed by atoms with Crippen LogP contribution in [-0.2, 0) is 0 Å². The lowest BCUT2D eigenvalue weighted by Crippen LogP contribution is -2.09. The van der Waals surface area contributed by atoms with Crippen molar-refractivity contribution in [2.24, 2.45) is 0 Å². The topological polar surface area (TPSA) is 25.1 Å². The van der Waals surface area contributed by atoms with E-state index in [1.807, 2.05) is 6.07 Å². The van der Waals surface area contributed by atoms with Crippen LogP contribution in [0.1, 0.15) is 0 Å². The lowest BCUT2D eigenvalue weighted by molar-refractivity contribution is 1.18. The molecule has 22 aromatic carbocycles. The first kappa shape index (κ1) is 81.8. The summed E-state index contributed by atoms with van der Waals surface area (Å²) >= 11 is 3.47. The number of halogens is 1. The van der Waals surface area contributed by atoms with Crippen molar-refractivity contribution < 1.29 is 0 Å². The monoisotopic (exact) mass is 1760 g/mol. The van der Waals surface area contributed by atoms with Crippen molar-refractivity contribution in [3.05, 3.63) is 538 Å². The molecule has 0 bridgehead atoms. The quantitative estimate of drug-likeness (QED) is 0.0983. The molecule has 0 aliphatic rings. The SMILES string of the molecule is Brc1ccc(-c2cccc(-c3ccccc3)c2)cc1.c1cc(-c2ccc(Nc3ccc(-c4cccc(-n5c6ccccc6c6ccccc65)c4)cc3)cc2)cc(-c2cccc3ccccc23)c1.c1ccc(-c2cccc(-c3ccc(N(c4ccc(-c5cccc(-c6cccc7ccccc67)c5)cc4)c4ccc(-c5cccc(-n6c7ccccc7c7ccccc76)c5)cc4)cc3)c2)cc1. The van der Waals surface area contributed by atoms with E-state index in [9.17, 15) is 0 Å². The largest absolute Gasteiger partial charge is 0.356 e. The number of rotatable bonds is 17. The molecule has 1 N–H and O–H groups in total. The number of aromatic nitrogens is 2. The summed E-state index contributed by atoms with van der Waals surface area (Å²) in [7, 11) is 0. The zero-order chi connectivity index (χ0) is 88.8. The van der Waals surface area contributed by atoms with Gasteiger partial charge >= 0.3 is 0 Å². The fourth-order valence-corrected chi connectivity index (χ4v) is 19.2. The van der Waals surface area contributed by atoms with Gasteiger partial charge in [0.05, 0.1) is 22.1 Å². The van der Waals surface area contributed by atoms with E-state index >= 15 is 0 Å². The summed E-state index contributed by atoms with van der Waals surface area (Å²) in [6.45, 7) is 0. The van der Waals surface area contributed by atoms with Gasteiger partial charge in [-0.25, -0.2) is 0 Å². The number of fused-ring (bicyclic) bond motifs is 8. The Balaban J connectivity index is 0.000000133. The fraction of sp³-hybridized carbons (Fsp3) is 0. The van der Waals surface area contributed by atoms with Gasteiger partial charge in [-0.2, -0.15) is 0 Å². The molecule has 0 saturated carbocycles. The number of hydrogen-bond donors (Lipinski definition) is 1. The van der Waals surface area contributed by atoms with Crippen LogP contribution in [0.3, 0.4) is 0 Å². The fourth-order valence-electron chi connectivity index (χ4n) is 18.9. The number of nitrogens with one attached hydrogen (secondary N) is 1. The van der Waals surface area contributed by atoms with Crippen LogP contribution in [0.5, 0.6) is 0 Å². The van der Waals surface area contributed by atoms with Crippen LogP contribution in [0.4, 0.5) is 28.4 Å². The van der Waals surface area contributed by atoms with E-state index < -0.39 is 0 Å². The van der Waals surface area contributed by atoms with Gasteiger partial charge in [-0.3, -0.25) is 0 Å². The van der Waals surface area contributed by atoms with Gasteiger partial charge in [0.1, 0.15) is 0 Å². The highest BCUT2D eigenvalue weighted by Gasteiger charge is 2.20.